The third-order valence-electron chi connectivity index (χ3n) is 2.66. The van der Waals surface area contributed by atoms with Crippen molar-refractivity contribution in [2.24, 2.45) is 0 Å². The van der Waals surface area contributed by atoms with Crippen molar-refractivity contribution in [2.45, 2.75) is 26.8 Å². The largest absolute Gasteiger partial charge is 0.430 e. The third kappa shape index (κ3) is 3.44. The molecule has 0 bridgehead atoms. The molecule has 9 nitrogen and oxygen atoms in total. The molecule has 1 N–H and O–H groups in total. The first-order valence-electron chi connectivity index (χ1n) is 6.59. The fourth-order valence-corrected chi connectivity index (χ4v) is 1.66. The van der Waals surface area contributed by atoms with E-state index in [0.717, 1.165) is 6.42 Å². The summed E-state index contributed by atoms with van der Waals surface area (Å²) in [5, 5.41) is 18.2. The van der Waals surface area contributed by atoms with Gasteiger partial charge in [-0.25, -0.2) is 4.98 Å². The summed E-state index contributed by atoms with van der Waals surface area (Å²) in [6, 6.07) is 0. The predicted octanol–water partition coefficient (Wildman–Crippen LogP) is 2.22. The molecular weight excluding hydrogens is 276 g/mol. The summed E-state index contributed by atoms with van der Waals surface area (Å²) >= 11 is 0. The minimum Gasteiger partial charge on any atom is -0.430 e. The molecule has 0 aliphatic rings. The van der Waals surface area contributed by atoms with Gasteiger partial charge in [-0.2, -0.15) is 10.1 Å². The lowest BCUT2D eigenvalue weighted by molar-refractivity contribution is -0.385. The summed E-state index contributed by atoms with van der Waals surface area (Å²) < 4.78 is 7.11. The summed E-state index contributed by atoms with van der Waals surface area (Å²) in [4.78, 5) is 18.4. The topological polar surface area (TPSA) is 108 Å². The van der Waals surface area contributed by atoms with Crippen molar-refractivity contribution >= 4 is 11.5 Å². The number of hydrogen-bond acceptors (Lipinski definition) is 7. The van der Waals surface area contributed by atoms with E-state index in [0.29, 0.717) is 18.8 Å². The van der Waals surface area contributed by atoms with Gasteiger partial charge in [-0.1, -0.05) is 6.92 Å². The zero-order valence-corrected chi connectivity index (χ0v) is 11.8. The number of aromatic nitrogens is 4. The van der Waals surface area contributed by atoms with Gasteiger partial charge in [0.15, 0.2) is 5.75 Å². The number of nitrogens with one attached hydrogen (secondary N) is 1. The Kier molecular flexibility index (Phi) is 4.64. The van der Waals surface area contributed by atoms with Crippen LogP contribution in [0.4, 0.5) is 11.5 Å². The Morgan fingerprint density at radius 1 is 1.43 bits per heavy atom. The van der Waals surface area contributed by atoms with E-state index in [1.807, 2.05) is 13.8 Å². The Labute approximate surface area is 121 Å². The first-order chi connectivity index (χ1) is 10.2. The van der Waals surface area contributed by atoms with Crippen molar-refractivity contribution in [3.05, 3.63) is 28.8 Å². The van der Waals surface area contributed by atoms with Gasteiger partial charge in [0, 0.05) is 13.1 Å². The molecule has 0 aromatic carbocycles. The Bertz CT molecular complexity index is 627. The quantitative estimate of drug-likeness (QED) is 0.615. The van der Waals surface area contributed by atoms with Crippen LogP contribution in [0.25, 0.3) is 0 Å². The molecule has 0 amide bonds. The lowest BCUT2D eigenvalue weighted by Gasteiger charge is -2.07. The summed E-state index contributed by atoms with van der Waals surface area (Å²) in [7, 11) is 0. The first kappa shape index (κ1) is 14.7. The summed E-state index contributed by atoms with van der Waals surface area (Å²) in [6.45, 7) is 5.14. The van der Waals surface area contributed by atoms with Crippen LogP contribution in [-0.2, 0) is 6.54 Å². The van der Waals surface area contributed by atoms with E-state index >= 15 is 0 Å². The van der Waals surface area contributed by atoms with Crippen molar-refractivity contribution in [1.82, 2.24) is 19.7 Å². The SMILES string of the molecule is CCCNc1ncnc(Oc2cnn(CC)c2)c1[N+](=O)[O-]. The van der Waals surface area contributed by atoms with Crippen LogP contribution >= 0.6 is 0 Å². The van der Waals surface area contributed by atoms with Crippen LogP contribution in [0.15, 0.2) is 18.7 Å². The van der Waals surface area contributed by atoms with Crippen LogP contribution in [0, 0.1) is 10.1 Å². The number of anilines is 1. The fraction of sp³-hybridized carbons (Fsp3) is 0.417. The highest BCUT2D eigenvalue weighted by atomic mass is 16.6. The highest BCUT2D eigenvalue weighted by Crippen LogP contribution is 2.33. The first-order valence-corrected chi connectivity index (χ1v) is 6.59. The molecule has 2 aromatic rings. The highest BCUT2D eigenvalue weighted by Gasteiger charge is 2.25. The van der Waals surface area contributed by atoms with Crippen molar-refractivity contribution < 1.29 is 9.66 Å². The van der Waals surface area contributed by atoms with E-state index in [2.05, 4.69) is 20.4 Å². The number of aryl methyl sites for hydroxylation is 1. The van der Waals surface area contributed by atoms with Gasteiger partial charge in [-0.05, 0) is 13.3 Å². The summed E-state index contributed by atoms with van der Waals surface area (Å²) in [6.07, 6.45) is 5.17. The molecule has 0 aliphatic carbocycles. The summed E-state index contributed by atoms with van der Waals surface area (Å²) in [5.74, 6) is 0.430. The van der Waals surface area contributed by atoms with E-state index in [9.17, 15) is 10.1 Å². The Balaban J connectivity index is 2.31. The molecular formula is C12H16N6O3. The minimum absolute atomic E-state index is 0.107. The van der Waals surface area contributed by atoms with Crippen LogP contribution < -0.4 is 10.1 Å². The Morgan fingerprint density at radius 3 is 2.86 bits per heavy atom. The van der Waals surface area contributed by atoms with Crippen LogP contribution in [0.3, 0.4) is 0 Å². The van der Waals surface area contributed by atoms with E-state index in [-0.39, 0.29) is 17.4 Å². The van der Waals surface area contributed by atoms with Gasteiger partial charge in [0.1, 0.15) is 6.33 Å². The second-order valence-electron chi connectivity index (χ2n) is 4.19. The van der Waals surface area contributed by atoms with E-state index in [1.165, 1.54) is 12.5 Å². The average Bonchev–Trinajstić information content (AvgIpc) is 2.92. The second kappa shape index (κ2) is 6.64. The molecule has 2 heterocycles. The van der Waals surface area contributed by atoms with Gasteiger partial charge in [-0.3, -0.25) is 14.8 Å². The molecule has 0 atom stereocenters. The summed E-state index contributed by atoms with van der Waals surface area (Å²) in [5.41, 5.74) is -0.282. The van der Waals surface area contributed by atoms with Gasteiger partial charge in [0.05, 0.1) is 17.3 Å². The normalized spacial score (nSPS) is 10.4. The molecule has 0 saturated carbocycles. The van der Waals surface area contributed by atoms with Crippen LogP contribution in [0.1, 0.15) is 20.3 Å². The minimum atomic E-state index is -0.558. The molecule has 112 valence electrons. The number of ether oxygens (including phenoxy) is 1. The number of rotatable bonds is 7. The van der Waals surface area contributed by atoms with Gasteiger partial charge < -0.3 is 10.1 Å². The molecule has 0 unspecified atom stereocenters. The zero-order chi connectivity index (χ0) is 15.2. The van der Waals surface area contributed by atoms with Crippen molar-refractivity contribution in [3.63, 3.8) is 0 Å². The predicted molar refractivity (Wildman–Crippen MR) is 75.4 cm³/mol. The van der Waals surface area contributed by atoms with Gasteiger partial charge in [-0.15, -0.1) is 0 Å². The molecule has 0 fully saturated rings. The number of nitrogens with zero attached hydrogens (tertiary/aromatic N) is 5. The highest BCUT2D eigenvalue weighted by molar-refractivity contribution is 5.61. The van der Waals surface area contributed by atoms with E-state index in [1.54, 1.807) is 10.9 Å². The monoisotopic (exact) mass is 292 g/mol. The van der Waals surface area contributed by atoms with Crippen molar-refractivity contribution in [2.75, 3.05) is 11.9 Å². The molecule has 2 aromatic heterocycles. The van der Waals surface area contributed by atoms with E-state index < -0.39 is 4.92 Å². The smallest absolute Gasteiger partial charge is 0.373 e. The Morgan fingerprint density at radius 2 is 2.24 bits per heavy atom. The Hall–Kier alpha value is -2.71. The zero-order valence-electron chi connectivity index (χ0n) is 11.8. The molecule has 2 rings (SSSR count). The van der Waals surface area contributed by atoms with Crippen molar-refractivity contribution in [3.8, 4) is 11.6 Å². The second-order valence-corrected chi connectivity index (χ2v) is 4.19. The number of hydrogen-bond donors (Lipinski definition) is 1. The van der Waals surface area contributed by atoms with Crippen LogP contribution in [0.5, 0.6) is 11.6 Å². The molecule has 9 heteroatoms. The maximum atomic E-state index is 11.2. The lowest BCUT2D eigenvalue weighted by atomic mass is 10.4. The lowest BCUT2D eigenvalue weighted by Crippen LogP contribution is -2.07. The van der Waals surface area contributed by atoms with Gasteiger partial charge in [0.2, 0.25) is 5.82 Å². The number of nitro groups is 1. The van der Waals surface area contributed by atoms with Crippen molar-refractivity contribution in [1.29, 1.82) is 0 Å². The molecule has 0 radical (unpaired) electrons. The standard InChI is InChI=1S/C12H16N6O3/c1-3-5-13-11-10(18(19)20)12(15-8-14-11)21-9-6-16-17(4-2)7-9/h6-8H,3-5H2,1-2H3,(H,13,14,15). The maximum absolute atomic E-state index is 11.2. The van der Waals surface area contributed by atoms with Crippen LogP contribution in [0.2, 0.25) is 0 Å². The molecule has 0 aliphatic heterocycles. The molecule has 0 spiro atoms. The fourth-order valence-electron chi connectivity index (χ4n) is 1.66. The third-order valence-corrected chi connectivity index (χ3v) is 2.66. The van der Waals surface area contributed by atoms with Crippen LogP contribution in [-0.4, -0.2) is 31.2 Å². The maximum Gasteiger partial charge on any atom is 0.373 e. The molecule has 0 saturated heterocycles. The van der Waals surface area contributed by atoms with Gasteiger partial charge >= 0.3 is 11.6 Å². The average molecular weight is 292 g/mol. The molecule has 21 heavy (non-hydrogen) atoms. The van der Waals surface area contributed by atoms with Gasteiger partial charge in [0.25, 0.3) is 0 Å². The van der Waals surface area contributed by atoms with E-state index in [4.69, 9.17) is 4.74 Å².